The van der Waals surface area contributed by atoms with Crippen LogP contribution >= 0.6 is 0 Å². The van der Waals surface area contributed by atoms with Gasteiger partial charge in [-0.1, -0.05) is 6.92 Å². The fourth-order valence-corrected chi connectivity index (χ4v) is 1.69. The molecule has 0 radical (unpaired) electrons. The summed E-state index contributed by atoms with van der Waals surface area (Å²) in [5, 5.41) is 6.88. The van der Waals surface area contributed by atoms with E-state index in [0.717, 1.165) is 45.3 Å². The molecule has 0 aromatic rings. The van der Waals surface area contributed by atoms with Crippen LogP contribution in [0.1, 0.15) is 26.2 Å². The first-order chi connectivity index (χ1) is 6.93. The molecule has 1 fully saturated rings. The lowest BCUT2D eigenvalue weighted by Gasteiger charge is -2.09. The largest absolute Gasteiger partial charge is 0.381 e. The highest BCUT2D eigenvalue weighted by molar-refractivity contribution is 4.66. The van der Waals surface area contributed by atoms with Gasteiger partial charge in [0.1, 0.15) is 0 Å². The lowest BCUT2D eigenvalue weighted by Crippen LogP contribution is -2.26. The van der Waals surface area contributed by atoms with Crippen LogP contribution in [0.5, 0.6) is 0 Å². The molecule has 0 saturated carbocycles. The summed E-state index contributed by atoms with van der Waals surface area (Å²) in [6, 6.07) is 0. The van der Waals surface area contributed by atoms with Gasteiger partial charge < -0.3 is 15.4 Å². The molecule has 1 unspecified atom stereocenters. The van der Waals surface area contributed by atoms with Gasteiger partial charge in [-0.25, -0.2) is 0 Å². The zero-order chi connectivity index (χ0) is 10.1. The van der Waals surface area contributed by atoms with E-state index in [1.807, 2.05) is 0 Å². The maximum atomic E-state index is 5.31. The van der Waals surface area contributed by atoms with Crippen molar-refractivity contribution in [2.45, 2.75) is 26.2 Å². The molecule has 2 N–H and O–H groups in total. The Balaban J connectivity index is 1.75. The number of hydrogen-bond acceptors (Lipinski definition) is 3. The van der Waals surface area contributed by atoms with Crippen LogP contribution < -0.4 is 10.6 Å². The van der Waals surface area contributed by atoms with Crippen LogP contribution in [-0.4, -0.2) is 39.4 Å². The number of hydrogen-bond donors (Lipinski definition) is 2. The second-order valence-electron chi connectivity index (χ2n) is 4.04. The normalized spacial score (nSPS) is 21.6. The molecule has 0 bridgehead atoms. The lowest BCUT2D eigenvalue weighted by molar-refractivity contribution is 0.185. The molecule has 3 heteroatoms. The van der Waals surface area contributed by atoms with Crippen LogP contribution in [0.15, 0.2) is 0 Å². The van der Waals surface area contributed by atoms with Gasteiger partial charge in [0, 0.05) is 13.2 Å². The quantitative estimate of drug-likeness (QED) is 0.574. The van der Waals surface area contributed by atoms with Gasteiger partial charge in [0.05, 0.1) is 6.61 Å². The fourth-order valence-electron chi connectivity index (χ4n) is 1.69. The van der Waals surface area contributed by atoms with Crippen LogP contribution in [0, 0.1) is 5.92 Å². The van der Waals surface area contributed by atoms with E-state index in [1.165, 1.54) is 19.3 Å². The average molecular weight is 200 g/mol. The van der Waals surface area contributed by atoms with Crippen molar-refractivity contribution in [1.29, 1.82) is 0 Å². The van der Waals surface area contributed by atoms with E-state index in [9.17, 15) is 0 Å². The molecular formula is C11H24N2O. The molecule has 1 rings (SSSR count). The number of rotatable bonds is 8. The Kier molecular flexibility index (Phi) is 7.01. The Labute approximate surface area is 87.6 Å². The van der Waals surface area contributed by atoms with Gasteiger partial charge in [-0.2, -0.15) is 0 Å². The van der Waals surface area contributed by atoms with Crippen molar-refractivity contribution in [3.05, 3.63) is 0 Å². The van der Waals surface area contributed by atoms with E-state index in [-0.39, 0.29) is 0 Å². The molecule has 1 aliphatic rings. The molecular weight excluding hydrogens is 176 g/mol. The second kappa shape index (κ2) is 8.21. The van der Waals surface area contributed by atoms with Gasteiger partial charge in [-0.15, -0.1) is 0 Å². The summed E-state index contributed by atoms with van der Waals surface area (Å²) in [6.45, 7) is 8.68. The third kappa shape index (κ3) is 5.58. The van der Waals surface area contributed by atoms with Crippen molar-refractivity contribution in [3.63, 3.8) is 0 Å². The molecule has 1 heterocycles. The Morgan fingerprint density at radius 1 is 1.21 bits per heavy atom. The summed E-state index contributed by atoms with van der Waals surface area (Å²) in [5.41, 5.74) is 0. The Hall–Kier alpha value is -0.120. The van der Waals surface area contributed by atoms with E-state index < -0.39 is 0 Å². The molecule has 0 aromatic heterocycles. The van der Waals surface area contributed by atoms with Crippen molar-refractivity contribution in [3.8, 4) is 0 Å². The van der Waals surface area contributed by atoms with Crippen LogP contribution in [0.3, 0.4) is 0 Å². The molecule has 0 aliphatic carbocycles. The van der Waals surface area contributed by atoms with E-state index >= 15 is 0 Å². The average Bonchev–Trinajstić information content (AvgIpc) is 2.69. The smallest absolute Gasteiger partial charge is 0.0507 e. The summed E-state index contributed by atoms with van der Waals surface area (Å²) in [6.07, 6.45) is 3.70. The minimum absolute atomic E-state index is 0.763. The van der Waals surface area contributed by atoms with Crippen molar-refractivity contribution in [1.82, 2.24) is 10.6 Å². The second-order valence-corrected chi connectivity index (χ2v) is 4.04. The van der Waals surface area contributed by atoms with Crippen LogP contribution in [0.4, 0.5) is 0 Å². The molecule has 0 amide bonds. The third-order valence-electron chi connectivity index (χ3n) is 2.59. The van der Waals surface area contributed by atoms with Gasteiger partial charge in [0.25, 0.3) is 0 Å². The molecule has 14 heavy (non-hydrogen) atoms. The number of nitrogens with one attached hydrogen (secondary N) is 2. The molecule has 1 atom stereocenters. The highest BCUT2D eigenvalue weighted by Gasteiger charge is 2.14. The Morgan fingerprint density at radius 3 is 2.79 bits per heavy atom. The van der Waals surface area contributed by atoms with E-state index in [1.54, 1.807) is 0 Å². The van der Waals surface area contributed by atoms with E-state index in [2.05, 4.69) is 17.6 Å². The molecule has 0 aromatic carbocycles. The summed E-state index contributed by atoms with van der Waals surface area (Å²) in [7, 11) is 0. The molecule has 1 saturated heterocycles. The first-order valence-corrected chi connectivity index (χ1v) is 5.92. The van der Waals surface area contributed by atoms with E-state index in [0.29, 0.717) is 0 Å². The zero-order valence-electron chi connectivity index (χ0n) is 9.35. The van der Waals surface area contributed by atoms with Crippen molar-refractivity contribution in [2.24, 2.45) is 5.92 Å². The zero-order valence-corrected chi connectivity index (χ0v) is 9.35. The topological polar surface area (TPSA) is 33.3 Å². The molecule has 84 valence electrons. The first kappa shape index (κ1) is 12.0. The standard InChI is InChI=1S/C11H24N2O/c1-2-5-12-6-3-7-13-9-11-4-8-14-10-11/h11-13H,2-10H2,1H3. The maximum absolute atomic E-state index is 5.31. The van der Waals surface area contributed by atoms with Gasteiger partial charge in [0.2, 0.25) is 0 Å². The predicted molar refractivity (Wildman–Crippen MR) is 59.6 cm³/mol. The fraction of sp³-hybridized carbons (Fsp3) is 1.00. The van der Waals surface area contributed by atoms with Crippen LogP contribution in [0.2, 0.25) is 0 Å². The number of ether oxygens (including phenoxy) is 1. The monoisotopic (exact) mass is 200 g/mol. The predicted octanol–water partition coefficient (Wildman–Crippen LogP) is 1.00. The minimum Gasteiger partial charge on any atom is -0.381 e. The summed E-state index contributed by atoms with van der Waals surface area (Å²) >= 11 is 0. The van der Waals surface area contributed by atoms with Gasteiger partial charge in [-0.3, -0.25) is 0 Å². The molecule has 3 nitrogen and oxygen atoms in total. The highest BCUT2D eigenvalue weighted by atomic mass is 16.5. The minimum atomic E-state index is 0.763. The van der Waals surface area contributed by atoms with Gasteiger partial charge in [-0.05, 0) is 44.8 Å². The van der Waals surface area contributed by atoms with Crippen molar-refractivity contribution < 1.29 is 4.74 Å². The summed E-state index contributed by atoms with van der Waals surface area (Å²) in [4.78, 5) is 0. The SMILES string of the molecule is CCCNCCCNCC1CCOC1. The summed E-state index contributed by atoms with van der Waals surface area (Å²) < 4.78 is 5.31. The van der Waals surface area contributed by atoms with Crippen LogP contribution in [0.25, 0.3) is 0 Å². The van der Waals surface area contributed by atoms with Gasteiger partial charge in [0.15, 0.2) is 0 Å². The van der Waals surface area contributed by atoms with Crippen molar-refractivity contribution in [2.75, 3.05) is 39.4 Å². The highest BCUT2D eigenvalue weighted by Crippen LogP contribution is 2.10. The first-order valence-electron chi connectivity index (χ1n) is 5.92. The third-order valence-corrected chi connectivity index (χ3v) is 2.59. The lowest BCUT2D eigenvalue weighted by atomic mass is 10.1. The van der Waals surface area contributed by atoms with Crippen molar-refractivity contribution >= 4 is 0 Å². The molecule has 1 aliphatic heterocycles. The van der Waals surface area contributed by atoms with E-state index in [4.69, 9.17) is 4.74 Å². The maximum Gasteiger partial charge on any atom is 0.0507 e. The summed E-state index contributed by atoms with van der Waals surface area (Å²) in [5.74, 6) is 0.763. The molecule has 0 spiro atoms. The van der Waals surface area contributed by atoms with Crippen LogP contribution in [-0.2, 0) is 4.74 Å². The Morgan fingerprint density at radius 2 is 2.07 bits per heavy atom. The van der Waals surface area contributed by atoms with Gasteiger partial charge >= 0.3 is 0 Å². The Bertz CT molecular complexity index is 124.